The van der Waals surface area contributed by atoms with Crippen LogP contribution in [0.2, 0.25) is 0 Å². The summed E-state index contributed by atoms with van der Waals surface area (Å²) in [6, 6.07) is 10.8. The van der Waals surface area contributed by atoms with Gasteiger partial charge in [-0.1, -0.05) is 18.2 Å². The second-order valence-corrected chi connectivity index (χ2v) is 4.51. The van der Waals surface area contributed by atoms with E-state index in [1.54, 1.807) is 25.5 Å². The van der Waals surface area contributed by atoms with Gasteiger partial charge in [0.15, 0.2) is 0 Å². The van der Waals surface area contributed by atoms with Crippen molar-refractivity contribution in [3.05, 3.63) is 72.1 Å². The molecule has 1 unspecified atom stereocenters. The summed E-state index contributed by atoms with van der Waals surface area (Å²) < 4.78 is 13.9. The van der Waals surface area contributed by atoms with Crippen LogP contribution >= 0.6 is 0 Å². The second kappa shape index (κ2) is 5.80. The Morgan fingerprint density at radius 3 is 2.67 bits per heavy atom. The van der Waals surface area contributed by atoms with Crippen molar-refractivity contribution in [2.75, 3.05) is 7.05 Å². The summed E-state index contributed by atoms with van der Waals surface area (Å²) in [6.45, 7) is 0. The van der Waals surface area contributed by atoms with Crippen LogP contribution in [0.15, 0.2) is 55.0 Å². The van der Waals surface area contributed by atoms with E-state index in [9.17, 15) is 4.39 Å². The summed E-state index contributed by atoms with van der Waals surface area (Å²) >= 11 is 0. The number of halogens is 1. The van der Waals surface area contributed by atoms with Gasteiger partial charge in [-0.3, -0.25) is 4.98 Å². The van der Waals surface area contributed by atoms with Crippen molar-refractivity contribution in [1.29, 1.82) is 0 Å². The molecule has 6 heteroatoms. The minimum Gasteiger partial charge on any atom is -0.308 e. The molecule has 106 valence electrons. The fourth-order valence-corrected chi connectivity index (χ4v) is 2.18. The monoisotopic (exact) mass is 283 g/mol. The Bertz CT molecular complexity index is 726. The average Bonchev–Trinajstić information content (AvgIpc) is 3.00. The quantitative estimate of drug-likeness (QED) is 0.797. The van der Waals surface area contributed by atoms with Gasteiger partial charge < -0.3 is 5.32 Å². The highest BCUT2D eigenvalue weighted by molar-refractivity contribution is 5.30. The molecule has 1 aromatic carbocycles. The standard InChI is InChI=1S/C15H14FN5/c1-17-15(12-7-8-18-9-13(12)16)14-10-19-21(20-14)11-5-3-2-4-6-11/h2-10,15,17H,1H3. The van der Waals surface area contributed by atoms with E-state index in [0.29, 0.717) is 11.3 Å². The number of aromatic nitrogens is 4. The van der Waals surface area contributed by atoms with Gasteiger partial charge >= 0.3 is 0 Å². The molecule has 3 aromatic rings. The van der Waals surface area contributed by atoms with Gasteiger partial charge in [0.05, 0.1) is 24.1 Å². The number of pyridine rings is 1. The molecular weight excluding hydrogens is 269 g/mol. The molecular formula is C15H14FN5. The van der Waals surface area contributed by atoms with Crippen LogP contribution in [0.3, 0.4) is 0 Å². The van der Waals surface area contributed by atoms with Gasteiger partial charge in [0.2, 0.25) is 0 Å². The van der Waals surface area contributed by atoms with Gasteiger partial charge in [0.1, 0.15) is 11.5 Å². The highest BCUT2D eigenvalue weighted by atomic mass is 19.1. The molecule has 1 N–H and O–H groups in total. The predicted octanol–water partition coefficient (Wildman–Crippen LogP) is 2.11. The number of nitrogens with zero attached hydrogens (tertiary/aromatic N) is 4. The SMILES string of the molecule is CNC(c1cnn(-c2ccccc2)n1)c1ccncc1F. The van der Waals surface area contributed by atoms with Gasteiger partial charge in [-0.05, 0) is 25.2 Å². The highest BCUT2D eigenvalue weighted by Gasteiger charge is 2.19. The first-order valence-corrected chi connectivity index (χ1v) is 6.54. The van der Waals surface area contributed by atoms with Gasteiger partial charge in [-0.25, -0.2) is 4.39 Å². The molecule has 2 heterocycles. The fraction of sp³-hybridized carbons (Fsp3) is 0.133. The lowest BCUT2D eigenvalue weighted by molar-refractivity contribution is 0.562. The summed E-state index contributed by atoms with van der Waals surface area (Å²) in [7, 11) is 1.76. The highest BCUT2D eigenvalue weighted by Crippen LogP contribution is 2.21. The van der Waals surface area contributed by atoms with Crippen LogP contribution in [-0.2, 0) is 0 Å². The number of benzene rings is 1. The summed E-state index contributed by atoms with van der Waals surface area (Å²) in [5.41, 5.74) is 1.99. The van der Waals surface area contributed by atoms with Crippen LogP contribution in [-0.4, -0.2) is 27.0 Å². The van der Waals surface area contributed by atoms with E-state index in [4.69, 9.17) is 0 Å². The minimum absolute atomic E-state index is 0.369. The molecule has 21 heavy (non-hydrogen) atoms. The molecule has 1 atom stereocenters. The molecule has 0 saturated heterocycles. The molecule has 0 saturated carbocycles. The van der Waals surface area contributed by atoms with E-state index >= 15 is 0 Å². The lowest BCUT2D eigenvalue weighted by atomic mass is 10.1. The van der Waals surface area contributed by atoms with Crippen LogP contribution < -0.4 is 5.32 Å². The maximum Gasteiger partial charge on any atom is 0.146 e. The molecule has 0 fully saturated rings. The first-order chi connectivity index (χ1) is 10.3. The van der Waals surface area contributed by atoms with Crippen LogP contribution in [0.1, 0.15) is 17.3 Å². The molecule has 2 aromatic heterocycles. The Morgan fingerprint density at radius 1 is 1.14 bits per heavy atom. The number of hydrogen-bond donors (Lipinski definition) is 1. The molecule has 0 amide bonds. The van der Waals surface area contributed by atoms with Crippen molar-refractivity contribution < 1.29 is 4.39 Å². The second-order valence-electron chi connectivity index (χ2n) is 4.51. The molecule has 3 rings (SSSR count). The van der Waals surface area contributed by atoms with E-state index in [-0.39, 0.29) is 11.9 Å². The van der Waals surface area contributed by atoms with E-state index in [2.05, 4.69) is 20.5 Å². The molecule has 5 nitrogen and oxygen atoms in total. The largest absolute Gasteiger partial charge is 0.308 e. The first kappa shape index (κ1) is 13.4. The Labute approximate surface area is 121 Å². The number of para-hydroxylation sites is 1. The summed E-state index contributed by atoms with van der Waals surface area (Å²) in [6.07, 6.45) is 4.39. The van der Waals surface area contributed by atoms with Crippen molar-refractivity contribution in [3.8, 4) is 5.69 Å². The fourth-order valence-electron chi connectivity index (χ4n) is 2.18. The molecule has 0 aliphatic rings. The summed E-state index contributed by atoms with van der Waals surface area (Å²) in [5.74, 6) is -0.369. The molecule has 0 bridgehead atoms. The number of hydrogen-bond acceptors (Lipinski definition) is 4. The zero-order valence-corrected chi connectivity index (χ0v) is 11.4. The van der Waals surface area contributed by atoms with Crippen molar-refractivity contribution >= 4 is 0 Å². The van der Waals surface area contributed by atoms with Crippen molar-refractivity contribution in [2.24, 2.45) is 0 Å². The van der Waals surface area contributed by atoms with E-state index in [1.165, 1.54) is 11.0 Å². The first-order valence-electron chi connectivity index (χ1n) is 6.54. The Balaban J connectivity index is 1.96. The Hall–Kier alpha value is -2.60. The van der Waals surface area contributed by atoms with Crippen molar-refractivity contribution in [2.45, 2.75) is 6.04 Å². The zero-order valence-electron chi connectivity index (χ0n) is 11.4. The lowest BCUT2D eigenvalue weighted by Crippen LogP contribution is -2.19. The third kappa shape index (κ3) is 2.66. The third-order valence-corrected chi connectivity index (χ3v) is 3.20. The minimum atomic E-state index is -0.370. The normalized spacial score (nSPS) is 12.3. The average molecular weight is 283 g/mol. The van der Waals surface area contributed by atoms with E-state index < -0.39 is 0 Å². The molecule has 0 aliphatic heterocycles. The predicted molar refractivity (Wildman–Crippen MR) is 76.5 cm³/mol. The summed E-state index contributed by atoms with van der Waals surface area (Å²) in [5, 5.41) is 11.7. The topological polar surface area (TPSA) is 55.6 Å². The van der Waals surface area contributed by atoms with Crippen molar-refractivity contribution in [3.63, 3.8) is 0 Å². The van der Waals surface area contributed by atoms with E-state index in [1.807, 2.05) is 30.3 Å². The van der Waals surface area contributed by atoms with Crippen LogP contribution in [0.25, 0.3) is 5.69 Å². The van der Waals surface area contributed by atoms with Gasteiger partial charge in [0, 0.05) is 11.8 Å². The van der Waals surface area contributed by atoms with Crippen LogP contribution in [0, 0.1) is 5.82 Å². The maximum absolute atomic E-state index is 13.9. The van der Waals surface area contributed by atoms with Gasteiger partial charge in [0.25, 0.3) is 0 Å². The van der Waals surface area contributed by atoms with Crippen LogP contribution in [0.5, 0.6) is 0 Å². The number of nitrogens with one attached hydrogen (secondary N) is 1. The Morgan fingerprint density at radius 2 is 1.95 bits per heavy atom. The third-order valence-electron chi connectivity index (χ3n) is 3.20. The lowest BCUT2D eigenvalue weighted by Gasteiger charge is -2.14. The van der Waals surface area contributed by atoms with Gasteiger partial charge in [-0.15, -0.1) is 0 Å². The maximum atomic E-state index is 13.9. The van der Waals surface area contributed by atoms with E-state index in [0.717, 1.165) is 5.69 Å². The zero-order chi connectivity index (χ0) is 14.7. The molecule has 0 aliphatic carbocycles. The molecule has 0 radical (unpaired) electrons. The van der Waals surface area contributed by atoms with Gasteiger partial charge in [-0.2, -0.15) is 15.0 Å². The van der Waals surface area contributed by atoms with Crippen LogP contribution in [0.4, 0.5) is 4.39 Å². The smallest absolute Gasteiger partial charge is 0.146 e. The Kier molecular flexibility index (Phi) is 3.70. The molecule has 0 spiro atoms. The number of rotatable bonds is 4. The van der Waals surface area contributed by atoms with Crippen molar-refractivity contribution in [1.82, 2.24) is 25.3 Å². The summed E-state index contributed by atoms with van der Waals surface area (Å²) in [4.78, 5) is 5.29.